The van der Waals surface area contributed by atoms with Gasteiger partial charge >= 0.3 is 0 Å². The van der Waals surface area contributed by atoms with E-state index in [1.54, 1.807) is 6.20 Å². The minimum atomic E-state index is 0.621. The highest BCUT2D eigenvalue weighted by Gasteiger charge is 2.14. The van der Waals surface area contributed by atoms with Crippen molar-refractivity contribution in [3.63, 3.8) is 0 Å². The number of benzene rings is 1. The van der Waals surface area contributed by atoms with E-state index in [9.17, 15) is 0 Å². The highest BCUT2D eigenvalue weighted by atomic mass is 16.5. The second kappa shape index (κ2) is 6.23. The van der Waals surface area contributed by atoms with Crippen LogP contribution in [0.1, 0.15) is 19.4 Å². The fourth-order valence-electron chi connectivity index (χ4n) is 2.04. The zero-order valence-corrected chi connectivity index (χ0v) is 11.6. The molecule has 0 fully saturated rings. The monoisotopic (exact) mass is 257 g/mol. The summed E-state index contributed by atoms with van der Waals surface area (Å²) in [6, 6.07) is 9.85. The Labute approximate surface area is 114 Å². The number of hydrogen-bond donors (Lipinski definition) is 0. The molecule has 0 radical (unpaired) electrons. The molecule has 2 aromatic rings. The molecule has 0 aliphatic heterocycles. The number of ether oxygens (including phenoxy) is 2. The van der Waals surface area contributed by atoms with Crippen LogP contribution >= 0.6 is 0 Å². The summed E-state index contributed by atoms with van der Waals surface area (Å²) in [5, 5.41) is 0. The largest absolute Gasteiger partial charge is 0.493 e. The first kappa shape index (κ1) is 13.4. The lowest BCUT2D eigenvalue weighted by Gasteiger charge is -2.16. The van der Waals surface area contributed by atoms with Crippen LogP contribution in [0.3, 0.4) is 0 Å². The molecular weight excluding hydrogens is 238 g/mol. The lowest BCUT2D eigenvalue weighted by atomic mass is 10.1. The summed E-state index contributed by atoms with van der Waals surface area (Å²) in [5.74, 6) is 1.72. The molecule has 0 spiro atoms. The van der Waals surface area contributed by atoms with E-state index in [0.717, 1.165) is 28.3 Å². The van der Waals surface area contributed by atoms with E-state index < -0.39 is 0 Å². The van der Waals surface area contributed by atoms with E-state index in [4.69, 9.17) is 9.47 Å². The maximum absolute atomic E-state index is 5.79. The van der Waals surface area contributed by atoms with Crippen LogP contribution in [0.4, 0.5) is 0 Å². The van der Waals surface area contributed by atoms with Gasteiger partial charge in [-0.05, 0) is 45.0 Å². The smallest absolute Gasteiger partial charge is 0.135 e. The van der Waals surface area contributed by atoms with Gasteiger partial charge in [0.05, 0.1) is 18.9 Å². The molecule has 2 rings (SSSR count). The van der Waals surface area contributed by atoms with E-state index >= 15 is 0 Å². The predicted molar refractivity (Wildman–Crippen MR) is 76.7 cm³/mol. The minimum Gasteiger partial charge on any atom is -0.493 e. The number of aromatic nitrogens is 1. The van der Waals surface area contributed by atoms with E-state index in [1.165, 1.54) is 0 Å². The SMILES string of the molecule is CCOc1ccc(-c2ccccn2)c(OCC)c1C. The van der Waals surface area contributed by atoms with E-state index in [0.29, 0.717) is 13.2 Å². The van der Waals surface area contributed by atoms with Crippen LogP contribution in [0.2, 0.25) is 0 Å². The first-order valence-corrected chi connectivity index (χ1v) is 6.58. The Morgan fingerprint density at radius 1 is 1.00 bits per heavy atom. The number of rotatable bonds is 5. The molecule has 0 saturated heterocycles. The summed E-state index contributed by atoms with van der Waals surface area (Å²) in [6.07, 6.45) is 1.79. The molecule has 0 aliphatic rings. The van der Waals surface area contributed by atoms with Crippen molar-refractivity contribution < 1.29 is 9.47 Å². The molecule has 19 heavy (non-hydrogen) atoms. The molecule has 1 aromatic heterocycles. The topological polar surface area (TPSA) is 31.4 Å². The quantitative estimate of drug-likeness (QED) is 0.815. The van der Waals surface area contributed by atoms with Crippen molar-refractivity contribution in [3.05, 3.63) is 42.1 Å². The van der Waals surface area contributed by atoms with Crippen molar-refractivity contribution in [2.24, 2.45) is 0 Å². The van der Waals surface area contributed by atoms with Crippen molar-refractivity contribution in [3.8, 4) is 22.8 Å². The van der Waals surface area contributed by atoms with Crippen LogP contribution in [-0.2, 0) is 0 Å². The zero-order valence-electron chi connectivity index (χ0n) is 11.6. The molecular formula is C16H19NO2. The van der Waals surface area contributed by atoms with Gasteiger partial charge in [0.2, 0.25) is 0 Å². The third kappa shape index (κ3) is 2.87. The van der Waals surface area contributed by atoms with Crippen LogP contribution < -0.4 is 9.47 Å². The third-order valence-electron chi connectivity index (χ3n) is 2.89. The van der Waals surface area contributed by atoms with Gasteiger partial charge < -0.3 is 9.47 Å². The molecule has 0 amide bonds. The van der Waals surface area contributed by atoms with Crippen LogP contribution in [0, 0.1) is 6.92 Å². The second-order valence-electron chi connectivity index (χ2n) is 4.15. The maximum Gasteiger partial charge on any atom is 0.135 e. The van der Waals surface area contributed by atoms with Crippen LogP contribution in [0.25, 0.3) is 11.3 Å². The van der Waals surface area contributed by atoms with Gasteiger partial charge in [0.15, 0.2) is 0 Å². The Hall–Kier alpha value is -2.03. The molecule has 0 saturated carbocycles. The van der Waals surface area contributed by atoms with Gasteiger partial charge in [-0.3, -0.25) is 4.98 Å². The molecule has 0 N–H and O–H groups in total. The van der Waals surface area contributed by atoms with Gasteiger partial charge in [0, 0.05) is 17.3 Å². The maximum atomic E-state index is 5.79. The summed E-state index contributed by atoms with van der Waals surface area (Å²) in [4.78, 5) is 4.39. The third-order valence-corrected chi connectivity index (χ3v) is 2.89. The molecule has 3 nitrogen and oxygen atoms in total. The average molecular weight is 257 g/mol. The van der Waals surface area contributed by atoms with Gasteiger partial charge in [-0.1, -0.05) is 6.07 Å². The highest BCUT2D eigenvalue weighted by Crippen LogP contribution is 2.37. The standard InChI is InChI=1S/C16H19NO2/c1-4-18-15-10-9-13(14-8-6-7-11-17-14)16(12(15)3)19-5-2/h6-11H,4-5H2,1-3H3. The fourth-order valence-corrected chi connectivity index (χ4v) is 2.04. The summed E-state index contributed by atoms with van der Waals surface area (Å²) in [7, 11) is 0. The molecule has 0 aliphatic carbocycles. The van der Waals surface area contributed by atoms with Crippen LogP contribution in [0.15, 0.2) is 36.5 Å². The van der Waals surface area contributed by atoms with Gasteiger partial charge in [0.1, 0.15) is 11.5 Å². The summed E-state index contributed by atoms with van der Waals surface area (Å²) in [5.41, 5.74) is 2.94. The van der Waals surface area contributed by atoms with Crippen LogP contribution in [0.5, 0.6) is 11.5 Å². The zero-order chi connectivity index (χ0) is 13.7. The highest BCUT2D eigenvalue weighted by molar-refractivity contribution is 5.71. The van der Waals surface area contributed by atoms with Crippen molar-refractivity contribution in [2.45, 2.75) is 20.8 Å². The normalized spacial score (nSPS) is 10.3. The molecule has 1 aromatic carbocycles. The first-order chi connectivity index (χ1) is 9.27. The Morgan fingerprint density at radius 3 is 2.42 bits per heavy atom. The Bertz CT molecular complexity index is 538. The first-order valence-electron chi connectivity index (χ1n) is 6.58. The Balaban J connectivity index is 2.52. The average Bonchev–Trinajstić information content (AvgIpc) is 2.45. The second-order valence-corrected chi connectivity index (χ2v) is 4.15. The molecule has 100 valence electrons. The Morgan fingerprint density at radius 2 is 1.79 bits per heavy atom. The van der Waals surface area contributed by atoms with Gasteiger partial charge in [-0.2, -0.15) is 0 Å². The summed E-state index contributed by atoms with van der Waals surface area (Å²) >= 11 is 0. The number of hydrogen-bond acceptors (Lipinski definition) is 3. The minimum absolute atomic E-state index is 0.621. The van der Waals surface area contributed by atoms with Crippen molar-refractivity contribution in [2.75, 3.05) is 13.2 Å². The predicted octanol–water partition coefficient (Wildman–Crippen LogP) is 3.85. The molecule has 0 unspecified atom stereocenters. The lowest BCUT2D eigenvalue weighted by molar-refractivity contribution is 0.319. The van der Waals surface area contributed by atoms with Crippen molar-refractivity contribution in [1.82, 2.24) is 4.98 Å². The van der Waals surface area contributed by atoms with E-state index in [-0.39, 0.29) is 0 Å². The van der Waals surface area contributed by atoms with Crippen molar-refractivity contribution >= 4 is 0 Å². The van der Waals surface area contributed by atoms with Gasteiger partial charge in [-0.25, -0.2) is 0 Å². The lowest BCUT2D eigenvalue weighted by Crippen LogP contribution is -2.01. The van der Waals surface area contributed by atoms with Gasteiger partial charge in [0.25, 0.3) is 0 Å². The summed E-state index contributed by atoms with van der Waals surface area (Å²) in [6.45, 7) is 7.25. The fraction of sp³-hybridized carbons (Fsp3) is 0.312. The summed E-state index contributed by atoms with van der Waals surface area (Å²) < 4.78 is 11.4. The molecule has 0 bridgehead atoms. The van der Waals surface area contributed by atoms with Gasteiger partial charge in [-0.15, -0.1) is 0 Å². The number of pyridine rings is 1. The molecule has 3 heteroatoms. The molecule has 1 heterocycles. The van der Waals surface area contributed by atoms with Crippen LogP contribution in [-0.4, -0.2) is 18.2 Å². The Kier molecular flexibility index (Phi) is 4.39. The van der Waals surface area contributed by atoms with E-state index in [2.05, 4.69) is 4.98 Å². The van der Waals surface area contributed by atoms with E-state index in [1.807, 2.05) is 51.1 Å². The number of nitrogens with zero attached hydrogens (tertiary/aromatic N) is 1. The van der Waals surface area contributed by atoms with Crippen molar-refractivity contribution in [1.29, 1.82) is 0 Å². The molecule has 0 atom stereocenters.